The van der Waals surface area contributed by atoms with Crippen molar-refractivity contribution in [3.05, 3.63) is 23.8 Å². The van der Waals surface area contributed by atoms with Gasteiger partial charge in [-0.25, -0.2) is 0 Å². The molecule has 0 saturated carbocycles. The van der Waals surface area contributed by atoms with Crippen molar-refractivity contribution in [1.29, 1.82) is 0 Å². The highest BCUT2D eigenvalue weighted by atomic mass is 16.5. The van der Waals surface area contributed by atoms with E-state index in [4.69, 9.17) is 14.2 Å². The van der Waals surface area contributed by atoms with Gasteiger partial charge < -0.3 is 24.4 Å². The molecule has 4 rings (SSSR count). The summed E-state index contributed by atoms with van der Waals surface area (Å²) in [5.74, 6) is 1.80. The second kappa shape index (κ2) is 8.58. The number of ether oxygens (including phenoxy) is 3. The fourth-order valence-corrected chi connectivity index (χ4v) is 5.58. The predicted octanol–water partition coefficient (Wildman–Crippen LogP) is 3.32. The van der Waals surface area contributed by atoms with E-state index >= 15 is 0 Å². The maximum atomic E-state index is 13.2. The van der Waals surface area contributed by atoms with Gasteiger partial charge in [0.05, 0.1) is 19.3 Å². The molecule has 2 fully saturated rings. The van der Waals surface area contributed by atoms with Gasteiger partial charge in [-0.05, 0) is 38.7 Å². The Morgan fingerprint density at radius 3 is 2.69 bits per heavy atom. The van der Waals surface area contributed by atoms with Gasteiger partial charge in [0.25, 0.3) is 0 Å². The third-order valence-electron chi connectivity index (χ3n) is 7.30. The van der Waals surface area contributed by atoms with E-state index in [1.807, 2.05) is 30.9 Å². The quantitative estimate of drug-likeness (QED) is 0.771. The number of likely N-dealkylation sites (tertiary alicyclic amines) is 1. The van der Waals surface area contributed by atoms with Crippen LogP contribution in [-0.2, 0) is 14.3 Å². The normalized spacial score (nSPS) is 29.2. The molecule has 5 atom stereocenters. The minimum atomic E-state index is -0.491. The number of piperidine rings is 1. The Kier molecular flexibility index (Phi) is 6.14. The molecule has 176 valence electrons. The summed E-state index contributed by atoms with van der Waals surface area (Å²) in [5, 5.41) is 2.84. The maximum absolute atomic E-state index is 13.2. The average molecular weight is 445 g/mol. The number of para-hydroxylation sites is 1. The van der Waals surface area contributed by atoms with Gasteiger partial charge in [0, 0.05) is 37.4 Å². The van der Waals surface area contributed by atoms with Gasteiger partial charge in [0.2, 0.25) is 11.8 Å². The lowest BCUT2D eigenvalue weighted by Crippen LogP contribution is -2.58. The monoisotopic (exact) mass is 444 g/mol. The van der Waals surface area contributed by atoms with E-state index in [9.17, 15) is 9.59 Å². The van der Waals surface area contributed by atoms with Crippen LogP contribution in [-0.4, -0.2) is 54.7 Å². The topological polar surface area (TPSA) is 77.1 Å². The van der Waals surface area contributed by atoms with Crippen LogP contribution in [0.25, 0.3) is 0 Å². The molecule has 3 aliphatic heterocycles. The van der Waals surface area contributed by atoms with Crippen LogP contribution in [0.2, 0.25) is 0 Å². The standard InChI is InChI=1S/C25H36N2O5/c1-14(2)21(26-15(3)28)24(29)27-11-10-19-16(13-27)12-18-22(31-19)17-8-7-9-20(30-6)23(17)32-25(18,4)5/h7-9,14,16,18-19,21-22H,10-13H2,1-6H3,(H,26,28)/t16-,18+,19+,21+,22-/m1/s1. The first-order valence-electron chi connectivity index (χ1n) is 11.7. The van der Waals surface area contributed by atoms with Crippen LogP contribution in [0.4, 0.5) is 0 Å². The summed E-state index contributed by atoms with van der Waals surface area (Å²) in [6, 6.07) is 5.49. The summed E-state index contributed by atoms with van der Waals surface area (Å²) in [6.45, 7) is 10.9. The second-order valence-electron chi connectivity index (χ2n) is 10.3. The SMILES string of the molecule is COc1cccc2c1OC(C)(C)[C@H]1C[C@@H]3CN(C(=O)[C@@H](NC(C)=O)C(C)C)CC[C@@H]3O[C@H]21. The lowest BCUT2D eigenvalue weighted by atomic mass is 9.70. The van der Waals surface area contributed by atoms with Crippen molar-refractivity contribution in [3.63, 3.8) is 0 Å². The molecule has 0 bridgehead atoms. The molecule has 0 unspecified atom stereocenters. The van der Waals surface area contributed by atoms with Crippen molar-refractivity contribution in [3.8, 4) is 11.5 Å². The van der Waals surface area contributed by atoms with Crippen LogP contribution in [0.5, 0.6) is 11.5 Å². The third-order valence-corrected chi connectivity index (χ3v) is 7.30. The fraction of sp³-hybridized carbons (Fsp3) is 0.680. The van der Waals surface area contributed by atoms with Crippen LogP contribution in [0.1, 0.15) is 59.1 Å². The molecule has 0 aliphatic carbocycles. The number of benzene rings is 1. The van der Waals surface area contributed by atoms with E-state index in [1.54, 1.807) is 7.11 Å². The van der Waals surface area contributed by atoms with E-state index < -0.39 is 11.6 Å². The first-order valence-corrected chi connectivity index (χ1v) is 11.7. The van der Waals surface area contributed by atoms with Gasteiger partial charge in [0.1, 0.15) is 11.6 Å². The zero-order valence-corrected chi connectivity index (χ0v) is 20.0. The Hall–Kier alpha value is -2.28. The molecule has 0 spiro atoms. The molecule has 1 N–H and O–H groups in total. The molecule has 2 saturated heterocycles. The maximum Gasteiger partial charge on any atom is 0.245 e. The highest BCUT2D eigenvalue weighted by Gasteiger charge is 2.52. The van der Waals surface area contributed by atoms with E-state index in [0.29, 0.717) is 13.1 Å². The smallest absolute Gasteiger partial charge is 0.245 e. The van der Waals surface area contributed by atoms with Crippen LogP contribution in [0, 0.1) is 17.8 Å². The zero-order valence-electron chi connectivity index (χ0n) is 20.0. The van der Waals surface area contributed by atoms with Gasteiger partial charge in [0.15, 0.2) is 11.5 Å². The van der Waals surface area contributed by atoms with E-state index in [1.165, 1.54) is 6.92 Å². The van der Waals surface area contributed by atoms with Gasteiger partial charge in [-0.15, -0.1) is 0 Å². The Balaban J connectivity index is 1.54. The van der Waals surface area contributed by atoms with Crippen molar-refractivity contribution in [1.82, 2.24) is 10.2 Å². The molecule has 0 radical (unpaired) electrons. The van der Waals surface area contributed by atoms with E-state index in [-0.39, 0.29) is 41.8 Å². The number of fused-ring (bicyclic) bond motifs is 4. The van der Waals surface area contributed by atoms with Crippen molar-refractivity contribution in [2.45, 2.75) is 71.3 Å². The summed E-state index contributed by atoms with van der Waals surface area (Å²) >= 11 is 0. The molecule has 0 aromatic heterocycles. The zero-order chi connectivity index (χ0) is 23.2. The number of methoxy groups -OCH3 is 1. The predicted molar refractivity (Wildman–Crippen MR) is 121 cm³/mol. The first-order chi connectivity index (χ1) is 15.1. The summed E-state index contributed by atoms with van der Waals surface area (Å²) < 4.78 is 18.7. The summed E-state index contributed by atoms with van der Waals surface area (Å²) in [7, 11) is 1.66. The van der Waals surface area contributed by atoms with Gasteiger partial charge in [-0.2, -0.15) is 0 Å². The lowest BCUT2D eigenvalue weighted by Gasteiger charge is -2.53. The number of amides is 2. The number of nitrogens with one attached hydrogen (secondary N) is 1. The largest absolute Gasteiger partial charge is 0.493 e. The number of carbonyl (C=O) groups excluding carboxylic acids is 2. The highest BCUT2D eigenvalue weighted by Crippen LogP contribution is 2.55. The fourth-order valence-electron chi connectivity index (χ4n) is 5.58. The summed E-state index contributed by atoms with van der Waals surface area (Å²) in [4.78, 5) is 26.8. The molecule has 3 aliphatic rings. The third kappa shape index (κ3) is 4.07. The average Bonchev–Trinajstić information content (AvgIpc) is 2.74. The van der Waals surface area contributed by atoms with Gasteiger partial charge in [-0.1, -0.05) is 26.0 Å². The first kappa shape index (κ1) is 22.9. The molecule has 2 amide bonds. The highest BCUT2D eigenvalue weighted by molar-refractivity contribution is 5.87. The number of rotatable bonds is 4. The Bertz CT molecular complexity index is 883. The van der Waals surface area contributed by atoms with Gasteiger partial charge >= 0.3 is 0 Å². The summed E-state index contributed by atoms with van der Waals surface area (Å²) in [6.07, 6.45) is 1.78. The minimum absolute atomic E-state index is 0.00464. The number of carbonyl (C=O) groups is 2. The minimum Gasteiger partial charge on any atom is -0.493 e. The molecule has 3 heterocycles. The molecular weight excluding hydrogens is 408 g/mol. The molecule has 1 aromatic carbocycles. The lowest BCUT2D eigenvalue weighted by molar-refractivity contribution is -0.189. The van der Waals surface area contributed by atoms with Crippen LogP contribution < -0.4 is 14.8 Å². The Morgan fingerprint density at radius 2 is 2.03 bits per heavy atom. The Morgan fingerprint density at radius 1 is 1.28 bits per heavy atom. The van der Waals surface area contributed by atoms with Crippen molar-refractivity contribution < 1.29 is 23.8 Å². The van der Waals surface area contributed by atoms with Crippen molar-refractivity contribution in [2.75, 3.05) is 20.2 Å². The molecule has 7 heteroatoms. The molecule has 7 nitrogen and oxygen atoms in total. The number of hydrogen-bond acceptors (Lipinski definition) is 5. The van der Waals surface area contributed by atoms with Crippen LogP contribution in [0.3, 0.4) is 0 Å². The Labute approximate surface area is 190 Å². The molecular formula is C25H36N2O5. The van der Waals surface area contributed by atoms with Crippen molar-refractivity contribution in [2.24, 2.45) is 17.8 Å². The molecule has 32 heavy (non-hydrogen) atoms. The second-order valence-corrected chi connectivity index (χ2v) is 10.3. The van der Waals surface area contributed by atoms with Crippen LogP contribution in [0.15, 0.2) is 18.2 Å². The van der Waals surface area contributed by atoms with Crippen LogP contribution >= 0.6 is 0 Å². The summed E-state index contributed by atoms with van der Waals surface area (Å²) in [5.41, 5.74) is 0.636. The van der Waals surface area contributed by atoms with E-state index in [2.05, 4.69) is 25.2 Å². The van der Waals surface area contributed by atoms with Crippen molar-refractivity contribution >= 4 is 11.8 Å². The number of nitrogens with zero attached hydrogens (tertiary/aromatic N) is 1. The van der Waals surface area contributed by atoms with Gasteiger partial charge in [-0.3, -0.25) is 9.59 Å². The number of hydrogen-bond donors (Lipinski definition) is 1. The molecule has 1 aromatic rings. The van der Waals surface area contributed by atoms with E-state index in [0.717, 1.165) is 29.9 Å².